The van der Waals surface area contributed by atoms with Crippen molar-refractivity contribution < 1.29 is 29.4 Å². The lowest BCUT2D eigenvalue weighted by Gasteiger charge is -2.52. The molecule has 3 fully saturated rings. The van der Waals surface area contributed by atoms with Crippen LogP contribution in [0.2, 0.25) is 0 Å². The summed E-state index contributed by atoms with van der Waals surface area (Å²) in [6.45, 7) is 4.37. The quantitative estimate of drug-likeness (QED) is 0.301. The van der Waals surface area contributed by atoms with Gasteiger partial charge in [0.15, 0.2) is 0 Å². The molecule has 10 nitrogen and oxygen atoms in total. The Kier molecular flexibility index (Phi) is 8.69. The molecule has 1 aliphatic carbocycles. The van der Waals surface area contributed by atoms with E-state index in [2.05, 4.69) is 22.5 Å². The highest BCUT2D eigenvalue weighted by atomic mass is 16.5. The molecule has 3 amide bonds. The van der Waals surface area contributed by atoms with E-state index in [0.29, 0.717) is 39.0 Å². The van der Waals surface area contributed by atoms with Crippen molar-refractivity contribution >= 4 is 17.7 Å². The Morgan fingerprint density at radius 1 is 1.22 bits per heavy atom. The minimum Gasteiger partial charge on any atom is -0.390 e. The minimum atomic E-state index is -0.897. The molecule has 2 saturated heterocycles. The van der Waals surface area contributed by atoms with Crippen molar-refractivity contribution in [3.8, 4) is 0 Å². The summed E-state index contributed by atoms with van der Waals surface area (Å²) in [5.74, 6) is -0.617. The number of pyridine rings is 1. The van der Waals surface area contributed by atoms with Crippen molar-refractivity contribution in [3.63, 3.8) is 0 Å². The first kappa shape index (κ1) is 27.3. The molecule has 0 radical (unpaired) electrons. The van der Waals surface area contributed by atoms with Crippen molar-refractivity contribution in [2.75, 3.05) is 26.7 Å². The average molecular weight is 517 g/mol. The molecule has 4 N–H and O–H groups in total. The van der Waals surface area contributed by atoms with Crippen molar-refractivity contribution in [2.24, 2.45) is 5.92 Å². The normalized spacial score (nSPS) is 23.6. The van der Waals surface area contributed by atoms with Crippen LogP contribution in [0.15, 0.2) is 18.3 Å². The minimum absolute atomic E-state index is 0.0518. The van der Waals surface area contributed by atoms with Crippen molar-refractivity contribution in [2.45, 2.75) is 88.9 Å². The van der Waals surface area contributed by atoms with Crippen LogP contribution >= 0.6 is 0 Å². The van der Waals surface area contributed by atoms with Crippen LogP contribution in [0.5, 0.6) is 0 Å². The highest BCUT2D eigenvalue weighted by Gasteiger charge is 2.55. The Hall–Kier alpha value is -2.72. The van der Waals surface area contributed by atoms with E-state index in [-0.39, 0.29) is 29.3 Å². The van der Waals surface area contributed by atoms with Gasteiger partial charge in [-0.25, -0.2) is 0 Å². The molecule has 204 valence electrons. The number of unbranched alkanes of at least 4 members (excludes halogenated alkanes) is 1. The number of nitrogens with one attached hydrogen (secondary N) is 2. The summed E-state index contributed by atoms with van der Waals surface area (Å²) in [7, 11) is 1.51. The fraction of sp³-hybridized carbons (Fsp3) is 0.704. The average Bonchev–Trinajstić information content (AvgIpc) is 2.91. The van der Waals surface area contributed by atoms with Gasteiger partial charge in [-0.05, 0) is 44.1 Å². The number of piperidine rings is 1. The highest BCUT2D eigenvalue weighted by Crippen LogP contribution is 2.36. The number of likely N-dealkylation sites (tertiary alicyclic amines) is 1. The van der Waals surface area contributed by atoms with Crippen LogP contribution in [0.1, 0.15) is 80.8 Å². The van der Waals surface area contributed by atoms with Crippen LogP contribution in [0, 0.1) is 5.92 Å². The molecule has 3 heterocycles. The molecule has 1 aromatic rings. The van der Waals surface area contributed by atoms with Crippen molar-refractivity contribution in [1.29, 1.82) is 0 Å². The van der Waals surface area contributed by atoms with Gasteiger partial charge in [0.05, 0.1) is 6.10 Å². The van der Waals surface area contributed by atoms with Gasteiger partial charge in [0, 0.05) is 49.6 Å². The second-order valence-electron chi connectivity index (χ2n) is 10.8. The number of carbonyl (C=O) groups is 3. The summed E-state index contributed by atoms with van der Waals surface area (Å²) in [4.78, 5) is 43.2. The summed E-state index contributed by atoms with van der Waals surface area (Å²) in [6.07, 6.45) is 8.49. The summed E-state index contributed by atoms with van der Waals surface area (Å²) < 4.78 is 0.830. The number of hydrogen-bond donors (Lipinski definition) is 4. The topological polar surface area (TPSA) is 126 Å². The lowest BCUT2D eigenvalue weighted by atomic mass is 9.78. The molecular formula is C27H42N5O5+. The zero-order valence-electron chi connectivity index (χ0n) is 22.1. The van der Waals surface area contributed by atoms with Crippen LogP contribution in [0.25, 0.3) is 0 Å². The maximum absolute atomic E-state index is 13.7. The van der Waals surface area contributed by atoms with Gasteiger partial charge in [-0.2, -0.15) is 0 Å². The fourth-order valence-corrected chi connectivity index (χ4v) is 6.23. The lowest BCUT2D eigenvalue weighted by Crippen LogP contribution is -2.75. The Bertz CT molecular complexity index is 987. The number of rotatable bonds is 8. The Morgan fingerprint density at radius 2 is 1.92 bits per heavy atom. The van der Waals surface area contributed by atoms with Gasteiger partial charge in [-0.1, -0.05) is 32.6 Å². The van der Waals surface area contributed by atoms with Gasteiger partial charge < -0.3 is 20.6 Å². The number of aromatic nitrogens is 1. The zero-order chi connectivity index (χ0) is 26.6. The zero-order valence-corrected chi connectivity index (χ0v) is 22.1. The van der Waals surface area contributed by atoms with Gasteiger partial charge in [0.2, 0.25) is 18.0 Å². The molecule has 0 bridgehead atoms. The predicted octanol–water partition coefficient (Wildman–Crippen LogP) is 0.974. The summed E-state index contributed by atoms with van der Waals surface area (Å²) >= 11 is 0. The third-order valence-electron chi connectivity index (χ3n) is 8.51. The van der Waals surface area contributed by atoms with E-state index in [1.165, 1.54) is 13.2 Å². The maximum Gasteiger partial charge on any atom is 0.321 e. The van der Waals surface area contributed by atoms with Gasteiger partial charge in [0.1, 0.15) is 11.6 Å². The summed E-state index contributed by atoms with van der Waals surface area (Å²) in [6, 6.07) is 2.52. The number of piperazine rings is 1. The van der Waals surface area contributed by atoms with Crippen LogP contribution in [0.3, 0.4) is 0 Å². The van der Waals surface area contributed by atoms with E-state index < -0.39 is 17.7 Å². The number of aliphatic hydroxyl groups excluding tert-OH is 1. The maximum atomic E-state index is 13.7. The molecule has 0 aromatic carbocycles. The van der Waals surface area contributed by atoms with Crippen LogP contribution in [-0.4, -0.2) is 82.2 Å². The Morgan fingerprint density at radius 3 is 2.54 bits per heavy atom. The number of amides is 3. The molecule has 0 unspecified atom stereocenters. The Balaban J connectivity index is 1.45. The van der Waals surface area contributed by atoms with E-state index in [4.69, 9.17) is 0 Å². The van der Waals surface area contributed by atoms with Crippen molar-refractivity contribution in [3.05, 3.63) is 29.6 Å². The number of carbonyl (C=O) groups excluding carboxylic acids is 3. The molecule has 4 rings (SSSR count). The molecule has 1 aromatic heterocycles. The van der Waals surface area contributed by atoms with Crippen molar-refractivity contribution in [1.82, 2.24) is 20.4 Å². The largest absolute Gasteiger partial charge is 0.390 e. The smallest absolute Gasteiger partial charge is 0.321 e. The van der Waals surface area contributed by atoms with E-state index in [9.17, 15) is 24.7 Å². The second kappa shape index (κ2) is 11.8. The third kappa shape index (κ3) is 5.60. The first-order valence-electron chi connectivity index (χ1n) is 13.8. The molecule has 37 heavy (non-hydrogen) atoms. The van der Waals surface area contributed by atoms with E-state index >= 15 is 0 Å². The molecule has 2 atom stereocenters. The molecule has 1 saturated carbocycles. The van der Waals surface area contributed by atoms with Gasteiger partial charge >= 0.3 is 11.6 Å². The SMILES string of the molecule is CCCCN1C(=O)[C@@H]([C@H](O)C2CCCCC2)NC(=O)C12CCN(Cc1ccc(C(=O)NC)[n+](O)c1)CC2. The van der Waals surface area contributed by atoms with Crippen LogP contribution < -0.4 is 15.4 Å². The highest BCUT2D eigenvalue weighted by molar-refractivity contribution is 6.00. The van der Waals surface area contributed by atoms with E-state index in [1.54, 1.807) is 11.0 Å². The number of hydrogen-bond acceptors (Lipinski definition) is 6. The van der Waals surface area contributed by atoms with Gasteiger partial charge in [-0.15, -0.1) is 0 Å². The van der Waals surface area contributed by atoms with Crippen LogP contribution in [0.4, 0.5) is 0 Å². The van der Waals surface area contributed by atoms with Gasteiger partial charge in [-0.3, -0.25) is 24.5 Å². The standard InChI is InChI=1S/C27H41N5O5/c1-3-4-14-31-25(35)22(23(33)20-8-6-5-7-9-20)29-26(36)27(31)12-15-30(16-13-27)17-19-10-11-21(24(34)28-2)32(37)18-19/h10-11,18,20,22-23,33H,3-9,12-17H2,1-2H3,(H2-,28,29,34,36,37)/p+1/t22-,23-/m1/s1. The summed E-state index contributed by atoms with van der Waals surface area (Å²) in [5, 5.41) is 26.7. The fourth-order valence-electron chi connectivity index (χ4n) is 6.23. The Labute approximate surface area is 219 Å². The van der Waals surface area contributed by atoms with E-state index in [1.807, 2.05) is 6.07 Å². The monoisotopic (exact) mass is 516 g/mol. The second-order valence-corrected chi connectivity index (χ2v) is 10.8. The lowest BCUT2D eigenvalue weighted by molar-refractivity contribution is -0.906. The molecule has 10 heteroatoms. The third-order valence-corrected chi connectivity index (χ3v) is 8.51. The van der Waals surface area contributed by atoms with Crippen LogP contribution in [-0.2, 0) is 16.1 Å². The molecule has 2 aliphatic heterocycles. The first-order chi connectivity index (χ1) is 17.8. The molecule has 1 spiro atoms. The molecular weight excluding hydrogens is 474 g/mol. The summed E-state index contributed by atoms with van der Waals surface area (Å²) in [5.41, 5.74) is 0.0949. The first-order valence-corrected chi connectivity index (χ1v) is 13.8. The van der Waals surface area contributed by atoms with Gasteiger partial charge in [0.25, 0.3) is 0 Å². The van der Waals surface area contributed by atoms with E-state index in [0.717, 1.165) is 55.2 Å². The predicted molar refractivity (Wildman–Crippen MR) is 136 cm³/mol. The molecule has 3 aliphatic rings. The number of aliphatic hydroxyl groups is 1. The number of nitrogens with zero attached hydrogens (tertiary/aromatic N) is 3.